The molecule has 0 aromatic heterocycles. The van der Waals surface area contributed by atoms with Crippen LogP contribution in [0, 0.1) is 5.92 Å². The lowest BCUT2D eigenvalue weighted by molar-refractivity contribution is 0.210. The second-order valence-electron chi connectivity index (χ2n) is 5.32. The van der Waals surface area contributed by atoms with Crippen LogP contribution in [0.25, 0.3) is 0 Å². The zero-order valence-corrected chi connectivity index (χ0v) is 13.3. The maximum Gasteiger partial charge on any atom is 0.142 e. The van der Waals surface area contributed by atoms with E-state index < -0.39 is 0 Å². The Labute approximate surface area is 124 Å². The van der Waals surface area contributed by atoms with Gasteiger partial charge in [-0.2, -0.15) is 0 Å². The third-order valence-electron chi connectivity index (χ3n) is 3.91. The van der Waals surface area contributed by atoms with E-state index >= 15 is 0 Å². The maximum atomic E-state index is 5.86. The summed E-state index contributed by atoms with van der Waals surface area (Å²) in [7, 11) is 0. The van der Waals surface area contributed by atoms with Crippen LogP contribution in [-0.2, 0) is 0 Å². The summed E-state index contributed by atoms with van der Waals surface area (Å²) in [4.78, 5) is 2.52. The minimum atomic E-state index is 0.719. The molecule has 0 unspecified atom stereocenters. The van der Waals surface area contributed by atoms with Gasteiger partial charge < -0.3 is 15.4 Å². The van der Waals surface area contributed by atoms with Crippen molar-refractivity contribution in [1.82, 2.24) is 4.90 Å². The van der Waals surface area contributed by atoms with Crippen molar-refractivity contribution >= 4 is 5.69 Å². The van der Waals surface area contributed by atoms with Crippen LogP contribution in [0.3, 0.4) is 0 Å². The third kappa shape index (κ3) is 5.83. The van der Waals surface area contributed by atoms with Crippen molar-refractivity contribution in [2.75, 3.05) is 32.0 Å². The van der Waals surface area contributed by atoms with E-state index in [1.54, 1.807) is 0 Å². The van der Waals surface area contributed by atoms with E-state index in [-0.39, 0.29) is 0 Å². The zero-order chi connectivity index (χ0) is 14.8. The molecule has 3 heteroatoms. The van der Waals surface area contributed by atoms with Gasteiger partial charge in [0.1, 0.15) is 5.75 Å². The standard InChI is InChI=1S/C17H30N2O/c1-4-15(5-2)14-19(6-3)12-9-13-20-17-11-8-7-10-16(17)18/h7-8,10-11,15H,4-6,9,12-14,18H2,1-3H3. The van der Waals surface area contributed by atoms with Crippen molar-refractivity contribution in [3.05, 3.63) is 24.3 Å². The van der Waals surface area contributed by atoms with E-state index in [0.717, 1.165) is 43.5 Å². The van der Waals surface area contributed by atoms with Crippen molar-refractivity contribution < 1.29 is 4.74 Å². The summed E-state index contributed by atoms with van der Waals surface area (Å²) in [6, 6.07) is 7.69. The Hall–Kier alpha value is -1.22. The average Bonchev–Trinajstić information content (AvgIpc) is 2.48. The fourth-order valence-electron chi connectivity index (χ4n) is 2.37. The number of hydrogen-bond donors (Lipinski definition) is 1. The van der Waals surface area contributed by atoms with Gasteiger partial charge >= 0.3 is 0 Å². The number of rotatable bonds is 10. The average molecular weight is 278 g/mol. The molecule has 0 aliphatic heterocycles. The lowest BCUT2D eigenvalue weighted by Gasteiger charge is -2.25. The summed E-state index contributed by atoms with van der Waals surface area (Å²) in [6.07, 6.45) is 3.58. The maximum absolute atomic E-state index is 5.86. The van der Waals surface area contributed by atoms with Crippen LogP contribution < -0.4 is 10.5 Å². The molecule has 0 saturated heterocycles. The largest absolute Gasteiger partial charge is 0.491 e. The van der Waals surface area contributed by atoms with Gasteiger partial charge in [-0.25, -0.2) is 0 Å². The minimum Gasteiger partial charge on any atom is -0.491 e. The molecule has 2 N–H and O–H groups in total. The molecule has 0 atom stereocenters. The first kappa shape index (κ1) is 16.8. The van der Waals surface area contributed by atoms with Crippen molar-refractivity contribution in [3.63, 3.8) is 0 Å². The summed E-state index contributed by atoms with van der Waals surface area (Å²) in [6.45, 7) is 10.9. The molecule has 0 bridgehead atoms. The number of benzene rings is 1. The molecule has 0 fully saturated rings. The second-order valence-corrected chi connectivity index (χ2v) is 5.32. The van der Waals surface area contributed by atoms with Crippen LogP contribution in [-0.4, -0.2) is 31.1 Å². The summed E-state index contributed by atoms with van der Waals surface area (Å²) in [5.41, 5.74) is 6.57. The normalized spacial score (nSPS) is 11.2. The fourth-order valence-corrected chi connectivity index (χ4v) is 2.37. The SMILES string of the molecule is CCC(CC)CN(CC)CCCOc1ccccc1N. The topological polar surface area (TPSA) is 38.5 Å². The van der Waals surface area contributed by atoms with Crippen LogP contribution in [0.2, 0.25) is 0 Å². The van der Waals surface area contributed by atoms with Gasteiger partial charge in [0.2, 0.25) is 0 Å². The lowest BCUT2D eigenvalue weighted by atomic mass is 10.0. The molecule has 1 aromatic carbocycles. The number of nitrogens with two attached hydrogens (primary N) is 1. The molecule has 0 amide bonds. The lowest BCUT2D eigenvalue weighted by Crippen LogP contribution is -2.30. The summed E-state index contributed by atoms with van der Waals surface area (Å²) >= 11 is 0. The van der Waals surface area contributed by atoms with Crippen LogP contribution >= 0.6 is 0 Å². The van der Waals surface area contributed by atoms with Crippen molar-refractivity contribution in [3.8, 4) is 5.75 Å². The summed E-state index contributed by atoms with van der Waals surface area (Å²) in [5.74, 6) is 1.62. The Kier molecular flexibility index (Phi) is 8.12. The highest BCUT2D eigenvalue weighted by molar-refractivity contribution is 5.51. The quantitative estimate of drug-likeness (QED) is 0.522. The van der Waals surface area contributed by atoms with Crippen LogP contribution in [0.4, 0.5) is 5.69 Å². The third-order valence-corrected chi connectivity index (χ3v) is 3.91. The Morgan fingerprint density at radius 3 is 2.45 bits per heavy atom. The van der Waals surface area contributed by atoms with Crippen molar-refractivity contribution in [1.29, 1.82) is 0 Å². The molecule has 1 rings (SSSR count). The molecule has 0 aliphatic carbocycles. The number of para-hydroxylation sites is 2. The van der Waals surface area contributed by atoms with Crippen LogP contribution in [0.1, 0.15) is 40.0 Å². The first-order chi connectivity index (χ1) is 9.71. The van der Waals surface area contributed by atoms with Gasteiger partial charge in [0.25, 0.3) is 0 Å². The predicted octanol–water partition coefficient (Wildman–Crippen LogP) is 3.80. The van der Waals surface area contributed by atoms with E-state index in [0.29, 0.717) is 0 Å². The van der Waals surface area contributed by atoms with Crippen LogP contribution in [0.15, 0.2) is 24.3 Å². The second kappa shape index (κ2) is 9.65. The van der Waals surface area contributed by atoms with Crippen LogP contribution in [0.5, 0.6) is 5.75 Å². The molecule has 1 aromatic rings. The monoisotopic (exact) mass is 278 g/mol. The van der Waals surface area contributed by atoms with E-state index in [1.807, 2.05) is 24.3 Å². The molecule has 20 heavy (non-hydrogen) atoms. The van der Waals surface area contributed by atoms with E-state index in [2.05, 4.69) is 25.7 Å². The predicted molar refractivity (Wildman–Crippen MR) is 87.2 cm³/mol. The molecular formula is C17H30N2O. The molecule has 0 heterocycles. The van der Waals surface area contributed by atoms with Gasteiger partial charge in [0.05, 0.1) is 12.3 Å². The highest BCUT2D eigenvalue weighted by atomic mass is 16.5. The Morgan fingerprint density at radius 2 is 1.85 bits per heavy atom. The first-order valence-corrected chi connectivity index (χ1v) is 7.90. The van der Waals surface area contributed by atoms with Gasteiger partial charge in [-0.05, 0) is 31.0 Å². The molecule has 114 valence electrons. The zero-order valence-electron chi connectivity index (χ0n) is 13.3. The Balaban J connectivity index is 2.26. The molecule has 0 saturated carbocycles. The van der Waals surface area contributed by atoms with Crippen molar-refractivity contribution in [2.24, 2.45) is 5.92 Å². The number of anilines is 1. The number of hydrogen-bond acceptors (Lipinski definition) is 3. The highest BCUT2D eigenvalue weighted by Gasteiger charge is 2.09. The summed E-state index contributed by atoms with van der Waals surface area (Å²) < 4.78 is 5.74. The molecule has 3 nitrogen and oxygen atoms in total. The minimum absolute atomic E-state index is 0.719. The van der Waals surface area contributed by atoms with E-state index in [9.17, 15) is 0 Å². The van der Waals surface area contributed by atoms with Gasteiger partial charge in [0, 0.05) is 13.1 Å². The number of nitrogens with zero attached hydrogens (tertiary/aromatic N) is 1. The Morgan fingerprint density at radius 1 is 1.15 bits per heavy atom. The van der Waals surface area contributed by atoms with E-state index in [4.69, 9.17) is 10.5 Å². The van der Waals surface area contributed by atoms with Crippen molar-refractivity contribution in [2.45, 2.75) is 40.0 Å². The van der Waals surface area contributed by atoms with Gasteiger partial charge in [-0.3, -0.25) is 0 Å². The summed E-state index contributed by atoms with van der Waals surface area (Å²) in [5, 5.41) is 0. The first-order valence-electron chi connectivity index (χ1n) is 7.90. The smallest absolute Gasteiger partial charge is 0.142 e. The number of nitrogen functional groups attached to an aromatic ring is 1. The number of ether oxygens (including phenoxy) is 1. The van der Waals surface area contributed by atoms with Gasteiger partial charge in [0.15, 0.2) is 0 Å². The highest BCUT2D eigenvalue weighted by Crippen LogP contribution is 2.19. The molecule has 0 radical (unpaired) electrons. The van der Waals surface area contributed by atoms with E-state index in [1.165, 1.54) is 19.4 Å². The fraction of sp³-hybridized carbons (Fsp3) is 0.647. The van der Waals surface area contributed by atoms with Gasteiger partial charge in [-0.1, -0.05) is 45.7 Å². The molecule has 0 spiro atoms. The molecular weight excluding hydrogens is 248 g/mol. The Bertz CT molecular complexity index is 364. The van der Waals surface area contributed by atoms with Gasteiger partial charge in [-0.15, -0.1) is 0 Å². The molecule has 0 aliphatic rings.